The zero-order valence-corrected chi connectivity index (χ0v) is 11.2. The number of nitrogens with zero attached hydrogens (tertiary/aromatic N) is 1. The molecule has 0 aliphatic carbocycles. The van der Waals surface area contributed by atoms with Crippen LogP contribution in [0.5, 0.6) is 5.75 Å². The molecule has 1 N–H and O–H groups in total. The van der Waals surface area contributed by atoms with Gasteiger partial charge in [0.2, 0.25) is 5.91 Å². The van der Waals surface area contributed by atoms with Crippen LogP contribution in [-0.4, -0.2) is 44.0 Å². The Morgan fingerprint density at radius 1 is 1.53 bits per heavy atom. The first kappa shape index (κ1) is 13.4. The highest BCUT2D eigenvalue weighted by atomic mass is 16.5. The molecule has 2 amide bonds. The minimum absolute atomic E-state index is 0.138. The van der Waals surface area contributed by atoms with Crippen LogP contribution in [-0.2, 0) is 4.79 Å². The predicted octanol–water partition coefficient (Wildman–Crippen LogP) is 0.903. The second kappa shape index (κ2) is 5.73. The number of ether oxygens (including phenoxy) is 1. The van der Waals surface area contributed by atoms with E-state index in [4.69, 9.17) is 4.74 Å². The Balaban J connectivity index is 1.89. The van der Waals surface area contributed by atoms with Crippen LogP contribution in [0.2, 0.25) is 0 Å². The van der Waals surface area contributed by atoms with Gasteiger partial charge in [-0.15, -0.1) is 0 Å². The number of benzene rings is 1. The first-order valence-corrected chi connectivity index (χ1v) is 6.26. The average molecular weight is 262 g/mol. The molecule has 0 aromatic heterocycles. The van der Waals surface area contributed by atoms with Gasteiger partial charge in [0.05, 0.1) is 7.11 Å². The number of nitrogens with one attached hydrogen (secondary N) is 1. The molecule has 1 aromatic carbocycles. The van der Waals surface area contributed by atoms with Crippen LogP contribution in [0.4, 0.5) is 0 Å². The lowest BCUT2D eigenvalue weighted by Crippen LogP contribution is -2.30. The van der Waals surface area contributed by atoms with E-state index < -0.39 is 0 Å². The number of hydrogen-bond donors (Lipinski definition) is 1. The van der Waals surface area contributed by atoms with Crippen LogP contribution in [0, 0.1) is 5.92 Å². The van der Waals surface area contributed by atoms with Gasteiger partial charge in [-0.1, -0.05) is 6.07 Å². The zero-order chi connectivity index (χ0) is 13.8. The average Bonchev–Trinajstić information content (AvgIpc) is 2.75. The molecule has 19 heavy (non-hydrogen) atoms. The van der Waals surface area contributed by atoms with Gasteiger partial charge in [0.1, 0.15) is 5.75 Å². The van der Waals surface area contributed by atoms with Crippen LogP contribution in [0.15, 0.2) is 24.3 Å². The molecule has 1 unspecified atom stereocenters. The summed E-state index contributed by atoms with van der Waals surface area (Å²) in [5.41, 5.74) is 0.567. The summed E-state index contributed by atoms with van der Waals surface area (Å²) in [6.07, 6.45) is 0.509. The first-order valence-electron chi connectivity index (χ1n) is 6.26. The van der Waals surface area contributed by atoms with Crippen LogP contribution < -0.4 is 10.1 Å². The van der Waals surface area contributed by atoms with Crippen molar-refractivity contribution in [1.82, 2.24) is 10.2 Å². The predicted molar refractivity (Wildman–Crippen MR) is 71.1 cm³/mol. The molecule has 0 bridgehead atoms. The van der Waals surface area contributed by atoms with Crippen molar-refractivity contribution in [3.05, 3.63) is 29.8 Å². The largest absolute Gasteiger partial charge is 0.497 e. The van der Waals surface area contributed by atoms with E-state index in [9.17, 15) is 9.59 Å². The smallest absolute Gasteiger partial charge is 0.251 e. The van der Waals surface area contributed by atoms with E-state index >= 15 is 0 Å². The van der Waals surface area contributed by atoms with Crippen molar-refractivity contribution in [3.8, 4) is 5.75 Å². The molecule has 5 nitrogen and oxygen atoms in total. The molecule has 1 saturated heterocycles. The SMILES string of the molecule is COc1cccc(C(=O)NCC2CC(=O)N(C)C2)c1. The highest BCUT2D eigenvalue weighted by Gasteiger charge is 2.26. The van der Waals surface area contributed by atoms with E-state index in [0.29, 0.717) is 30.8 Å². The van der Waals surface area contributed by atoms with Gasteiger partial charge < -0.3 is 15.0 Å². The number of carbonyl (C=O) groups is 2. The molecule has 0 saturated carbocycles. The summed E-state index contributed by atoms with van der Waals surface area (Å²) in [7, 11) is 3.35. The first-order chi connectivity index (χ1) is 9.10. The molecular formula is C14H18N2O3. The topological polar surface area (TPSA) is 58.6 Å². The standard InChI is InChI=1S/C14H18N2O3/c1-16-9-10(6-13(16)17)8-15-14(18)11-4-3-5-12(7-11)19-2/h3-5,7,10H,6,8-9H2,1-2H3,(H,15,18). The summed E-state index contributed by atoms with van der Waals surface area (Å²) < 4.78 is 5.08. The molecule has 0 radical (unpaired) electrons. The number of methoxy groups -OCH3 is 1. The van der Waals surface area contributed by atoms with Crippen molar-refractivity contribution in [2.24, 2.45) is 5.92 Å². The zero-order valence-electron chi connectivity index (χ0n) is 11.2. The van der Waals surface area contributed by atoms with Crippen molar-refractivity contribution >= 4 is 11.8 Å². The lowest BCUT2D eigenvalue weighted by molar-refractivity contribution is -0.126. The summed E-state index contributed by atoms with van der Waals surface area (Å²) in [4.78, 5) is 25.0. The van der Waals surface area contributed by atoms with E-state index in [2.05, 4.69) is 5.32 Å². The second-order valence-electron chi connectivity index (χ2n) is 4.79. The molecule has 1 aliphatic heterocycles. The van der Waals surface area contributed by atoms with Crippen molar-refractivity contribution < 1.29 is 14.3 Å². The highest BCUT2D eigenvalue weighted by Crippen LogP contribution is 2.16. The fourth-order valence-electron chi connectivity index (χ4n) is 2.20. The Kier molecular flexibility index (Phi) is 4.04. The Hall–Kier alpha value is -2.04. The van der Waals surface area contributed by atoms with Crippen molar-refractivity contribution in [3.63, 3.8) is 0 Å². The maximum atomic E-state index is 12.0. The number of likely N-dealkylation sites (tertiary alicyclic amines) is 1. The van der Waals surface area contributed by atoms with E-state index in [1.165, 1.54) is 0 Å². The lowest BCUT2D eigenvalue weighted by atomic mass is 10.1. The van der Waals surface area contributed by atoms with Gasteiger partial charge in [-0.25, -0.2) is 0 Å². The summed E-state index contributed by atoms with van der Waals surface area (Å²) in [5, 5.41) is 2.86. The summed E-state index contributed by atoms with van der Waals surface area (Å²) >= 11 is 0. The van der Waals surface area contributed by atoms with Crippen LogP contribution in [0.1, 0.15) is 16.8 Å². The van der Waals surface area contributed by atoms with Crippen molar-refractivity contribution in [1.29, 1.82) is 0 Å². The third kappa shape index (κ3) is 3.24. The molecule has 2 rings (SSSR count). The van der Waals surface area contributed by atoms with Gasteiger partial charge >= 0.3 is 0 Å². The van der Waals surface area contributed by atoms with Crippen molar-refractivity contribution in [2.45, 2.75) is 6.42 Å². The van der Waals surface area contributed by atoms with Crippen LogP contribution in [0.25, 0.3) is 0 Å². The minimum Gasteiger partial charge on any atom is -0.497 e. The number of hydrogen-bond acceptors (Lipinski definition) is 3. The molecule has 1 fully saturated rings. The highest BCUT2D eigenvalue weighted by molar-refractivity contribution is 5.94. The molecule has 0 spiro atoms. The molecule has 5 heteroatoms. The fourth-order valence-corrected chi connectivity index (χ4v) is 2.20. The Morgan fingerprint density at radius 2 is 2.32 bits per heavy atom. The van der Waals surface area contributed by atoms with Gasteiger partial charge in [-0.05, 0) is 18.2 Å². The molecule has 1 atom stereocenters. The lowest BCUT2D eigenvalue weighted by Gasteiger charge is -2.11. The second-order valence-corrected chi connectivity index (χ2v) is 4.79. The number of amides is 2. The molecular weight excluding hydrogens is 244 g/mol. The maximum absolute atomic E-state index is 12.0. The third-order valence-electron chi connectivity index (χ3n) is 3.30. The van der Waals surface area contributed by atoms with Crippen molar-refractivity contribution in [2.75, 3.05) is 27.2 Å². The number of rotatable bonds is 4. The van der Waals surface area contributed by atoms with Gasteiger partial charge in [-0.2, -0.15) is 0 Å². The monoisotopic (exact) mass is 262 g/mol. The third-order valence-corrected chi connectivity index (χ3v) is 3.30. The summed E-state index contributed by atoms with van der Waals surface area (Å²) in [5.74, 6) is 0.858. The Labute approximate surface area is 112 Å². The van der Waals surface area contributed by atoms with Gasteiger partial charge in [0, 0.05) is 38.0 Å². The number of carbonyl (C=O) groups excluding carboxylic acids is 2. The van der Waals surface area contributed by atoms with Crippen LogP contribution in [0.3, 0.4) is 0 Å². The maximum Gasteiger partial charge on any atom is 0.251 e. The fraction of sp³-hybridized carbons (Fsp3) is 0.429. The minimum atomic E-state index is -0.138. The van der Waals surface area contributed by atoms with E-state index in [-0.39, 0.29) is 17.7 Å². The normalized spacial score (nSPS) is 18.5. The quantitative estimate of drug-likeness (QED) is 0.877. The van der Waals surface area contributed by atoms with E-state index in [1.807, 2.05) is 0 Å². The van der Waals surface area contributed by atoms with Gasteiger partial charge in [0.25, 0.3) is 5.91 Å². The summed E-state index contributed by atoms with van der Waals surface area (Å²) in [6, 6.07) is 7.01. The van der Waals surface area contributed by atoms with Crippen LogP contribution >= 0.6 is 0 Å². The van der Waals surface area contributed by atoms with Gasteiger partial charge in [-0.3, -0.25) is 9.59 Å². The molecule has 1 heterocycles. The van der Waals surface area contributed by atoms with E-state index in [0.717, 1.165) is 0 Å². The Bertz CT molecular complexity index is 487. The van der Waals surface area contributed by atoms with Gasteiger partial charge in [0.15, 0.2) is 0 Å². The Morgan fingerprint density at radius 3 is 2.95 bits per heavy atom. The molecule has 1 aliphatic rings. The molecule has 102 valence electrons. The van der Waals surface area contributed by atoms with E-state index in [1.54, 1.807) is 43.3 Å². The molecule has 1 aromatic rings. The summed E-state index contributed by atoms with van der Waals surface area (Å²) in [6.45, 7) is 1.23.